The molecule has 6 heterocycles. The predicted molar refractivity (Wildman–Crippen MR) is 221 cm³/mol. The minimum absolute atomic E-state index is 0.00789. The molecule has 0 radical (unpaired) electrons. The van der Waals surface area contributed by atoms with Crippen molar-refractivity contribution in [3.63, 3.8) is 0 Å². The second kappa shape index (κ2) is 16.7. The zero-order valence-corrected chi connectivity index (χ0v) is 34.0. The van der Waals surface area contributed by atoms with Gasteiger partial charge in [-0.05, 0) is 93.3 Å². The molecule has 320 valence electrons. The van der Waals surface area contributed by atoms with E-state index in [2.05, 4.69) is 20.9 Å². The molecule has 1 unspecified atom stereocenters. The summed E-state index contributed by atoms with van der Waals surface area (Å²) in [7, 11) is 0. The van der Waals surface area contributed by atoms with E-state index in [-0.39, 0.29) is 53.0 Å². The number of aromatic nitrogens is 2. The first kappa shape index (κ1) is 40.8. The minimum Gasteiger partial charge on any atom is -0.490 e. The van der Waals surface area contributed by atoms with Crippen LogP contribution >= 0.6 is 0 Å². The summed E-state index contributed by atoms with van der Waals surface area (Å²) in [5.74, 6) is -3.15. The van der Waals surface area contributed by atoms with Gasteiger partial charge in [-0.2, -0.15) is 5.26 Å². The molecule has 9 rings (SSSR count). The number of pyridine rings is 2. The highest BCUT2D eigenvalue weighted by Gasteiger charge is 2.49. The zero-order valence-electron chi connectivity index (χ0n) is 34.0. The first-order valence-electron chi connectivity index (χ1n) is 21.2. The first-order valence-corrected chi connectivity index (χ1v) is 21.2. The van der Waals surface area contributed by atoms with E-state index in [0.29, 0.717) is 87.7 Å². The molecule has 5 aliphatic rings. The van der Waals surface area contributed by atoms with E-state index in [1.165, 1.54) is 17.2 Å². The summed E-state index contributed by atoms with van der Waals surface area (Å²) in [6.45, 7) is 4.35. The largest absolute Gasteiger partial charge is 0.490 e. The number of rotatable bonds is 9. The molecule has 4 aromatic rings. The van der Waals surface area contributed by atoms with Crippen LogP contribution < -0.4 is 20.3 Å². The quantitative estimate of drug-likeness (QED) is 0.234. The van der Waals surface area contributed by atoms with Crippen molar-refractivity contribution in [2.45, 2.75) is 69.6 Å². The van der Waals surface area contributed by atoms with Crippen LogP contribution in [0.4, 0.5) is 20.3 Å². The molecule has 17 heteroatoms. The van der Waals surface area contributed by atoms with Crippen LogP contribution in [-0.2, 0) is 9.59 Å². The Morgan fingerprint density at radius 2 is 1.55 bits per heavy atom. The Balaban J connectivity index is 0.797. The number of ether oxygens (including phenoxy) is 1. The summed E-state index contributed by atoms with van der Waals surface area (Å²) in [6, 6.07) is 11.2. The lowest BCUT2D eigenvalue weighted by atomic mass is 9.89. The Morgan fingerprint density at radius 1 is 0.823 bits per heavy atom. The molecule has 4 fully saturated rings. The van der Waals surface area contributed by atoms with Crippen molar-refractivity contribution >= 4 is 51.9 Å². The molecule has 4 aliphatic heterocycles. The number of nitrogens with two attached hydrogens (primary N) is 1. The smallest absolute Gasteiger partial charge is 0.262 e. The van der Waals surface area contributed by atoms with Crippen molar-refractivity contribution < 1.29 is 37.5 Å². The molecule has 2 aromatic heterocycles. The molecule has 3 saturated heterocycles. The van der Waals surface area contributed by atoms with Crippen LogP contribution in [0.2, 0.25) is 0 Å². The molecule has 5 amide bonds. The van der Waals surface area contributed by atoms with Crippen LogP contribution in [0.15, 0.2) is 54.9 Å². The van der Waals surface area contributed by atoms with Gasteiger partial charge in [-0.15, -0.1) is 0 Å². The number of benzene rings is 2. The standard InChI is InChI=1S/C45H45F2N9O6/c46-34-21-32-33(22-37(34)53-18-16-52(17-19-53)25-26-11-14-54(15-12-26)42-35(47)20-28(24-51-42)41(49)58)44(60)56(43(32)59)36-8-10-39(57)55(45(36)61)29-4-6-30(7-5-29)62-38-9-3-27(23-48)40-31(38)2-1-13-50-40/h1-3,9,13,20-22,24,26,29-30,36H,4-8,10-12,14-19,25H2,(H2,49,58). The van der Waals surface area contributed by atoms with E-state index in [1.807, 2.05) is 15.9 Å². The summed E-state index contributed by atoms with van der Waals surface area (Å²) in [4.78, 5) is 83.2. The molecule has 2 aromatic carbocycles. The van der Waals surface area contributed by atoms with E-state index in [1.54, 1.807) is 24.4 Å². The number of nitrogens with zero attached hydrogens (tertiary/aromatic N) is 8. The monoisotopic (exact) mass is 845 g/mol. The number of fused-ring (bicyclic) bond motifs is 2. The molecule has 0 spiro atoms. The van der Waals surface area contributed by atoms with Gasteiger partial charge in [0.1, 0.15) is 23.7 Å². The van der Waals surface area contributed by atoms with E-state index in [0.717, 1.165) is 41.8 Å². The minimum atomic E-state index is -1.19. The van der Waals surface area contributed by atoms with Gasteiger partial charge in [0.05, 0.1) is 39.6 Å². The summed E-state index contributed by atoms with van der Waals surface area (Å²) in [5.41, 5.74) is 6.43. The third-order valence-electron chi connectivity index (χ3n) is 13.1. The molecule has 0 bridgehead atoms. The maximum Gasteiger partial charge on any atom is 0.262 e. The van der Waals surface area contributed by atoms with Gasteiger partial charge in [0.2, 0.25) is 11.8 Å². The average molecular weight is 846 g/mol. The van der Waals surface area contributed by atoms with Crippen molar-refractivity contribution in [2.24, 2.45) is 11.7 Å². The number of hydrogen-bond acceptors (Lipinski definition) is 12. The molecule has 1 saturated carbocycles. The predicted octanol–water partition coefficient (Wildman–Crippen LogP) is 4.42. The number of piperidine rings is 2. The van der Waals surface area contributed by atoms with Gasteiger partial charge in [-0.1, -0.05) is 0 Å². The SMILES string of the molecule is N#Cc1ccc(OC2CCC(N3C(=O)CCC(N4C(=O)c5cc(F)c(N6CCN(CC7CCN(c8ncc(C(N)=O)cc8F)CC7)CC6)cc5C4=O)C3=O)CC2)c2cccnc12. The van der Waals surface area contributed by atoms with Crippen LogP contribution in [0.5, 0.6) is 5.75 Å². The first-order chi connectivity index (χ1) is 30.0. The van der Waals surface area contributed by atoms with Crippen LogP contribution in [-0.4, -0.2) is 118 Å². The van der Waals surface area contributed by atoms with Gasteiger partial charge in [0.15, 0.2) is 11.6 Å². The molecule has 15 nitrogen and oxygen atoms in total. The average Bonchev–Trinajstić information content (AvgIpc) is 3.51. The fraction of sp³-hybridized carbons (Fsp3) is 0.422. The molecule has 62 heavy (non-hydrogen) atoms. The number of hydrogen-bond donors (Lipinski definition) is 1. The van der Waals surface area contributed by atoms with Crippen LogP contribution in [0.3, 0.4) is 0 Å². The van der Waals surface area contributed by atoms with Crippen LogP contribution in [0.1, 0.15) is 88.0 Å². The van der Waals surface area contributed by atoms with Gasteiger partial charge in [-0.25, -0.2) is 13.8 Å². The molecule has 2 N–H and O–H groups in total. The molecular weight excluding hydrogens is 801 g/mol. The zero-order chi connectivity index (χ0) is 43.2. The lowest BCUT2D eigenvalue weighted by Gasteiger charge is -2.41. The maximum atomic E-state index is 15.8. The second-order valence-corrected chi connectivity index (χ2v) is 16.8. The van der Waals surface area contributed by atoms with Crippen LogP contribution in [0.25, 0.3) is 10.9 Å². The van der Waals surface area contributed by atoms with Gasteiger partial charge in [-0.3, -0.25) is 43.7 Å². The van der Waals surface area contributed by atoms with Crippen molar-refractivity contribution in [2.75, 3.05) is 55.6 Å². The number of nitriles is 1. The summed E-state index contributed by atoms with van der Waals surface area (Å²) in [6.07, 6.45) is 6.38. The van der Waals surface area contributed by atoms with Crippen LogP contribution in [0, 0.1) is 28.9 Å². The Labute approximate surface area is 356 Å². The summed E-state index contributed by atoms with van der Waals surface area (Å²) < 4.78 is 36.8. The number of carbonyl (C=O) groups excluding carboxylic acids is 5. The molecule has 1 atom stereocenters. The van der Waals surface area contributed by atoms with Gasteiger partial charge in [0.25, 0.3) is 17.7 Å². The second-order valence-electron chi connectivity index (χ2n) is 16.8. The number of imide groups is 2. The number of halogens is 2. The number of anilines is 2. The third-order valence-corrected chi connectivity index (χ3v) is 13.1. The van der Waals surface area contributed by atoms with Crippen molar-refractivity contribution in [3.05, 3.63) is 88.7 Å². The fourth-order valence-corrected chi connectivity index (χ4v) is 9.81. The normalized spacial score (nSPS) is 22.6. The van der Waals surface area contributed by atoms with Gasteiger partial charge in [0, 0.05) is 76.1 Å². The number of primary amides is 1. The van der Waals surface area contributed by atoms with E-state index in [9.17, 15) is 33.6 Å². The number of likely N-dealkylation sites (tertiary alicyclic amines) is 1. The molecular formula is C45H45F2N9O6. The maximum absolute atomic E-state index is 15.8. The highest BCUT2D eigenvalue weighted by Crippen LogP contribution is 2.37. The topological polar surface area (TPSA) is 186 Å². The van der Waals surface area contributed by atoms with Crippen molar-refractivity contribution in [1.82, 2.24) is 24.7 Å². The Kier molecular flexibility index (Phi) is 11.0. The summed E-state index contributed by atoms with van der Waals surface area (Å²) >= 11 is 0. The number of carbonyl (C=O) groups is 5. The highest BCUT2D eigenvalue weighted by atomic mass is 19.1. The lowest BCUT2D eigenvalue weighted by Crippen LogP contribution is -2.59. The fourth-order valence-electron chi connectivity index (χ4n) is 9.81. The van der Waals surface area contributed by atoms with E-state index in [4.69, 9.17) is 10.5 Å². The highest BCUT2D eigenvalue weighted by molar-refractivity contribution is 6.23. The Hall–Kier alpha value is -6.54. The van der Waals surface area contributed by atoms with Crippen molar-refractivity contribution in [1.29, 1.82) is 5.26 Å². The van der Waals surface area contributed by atoms with Gasteiger partial charge >= 0.3 is 0 Å². The Bertz CT molecular complexity index is 2530. The number of piperazine rings is 1. The van der Waals surface area contributed by atoms with Crippen molar-refractivity contribution in [3.8, 4) is 11.8 Å². The lowest BCUT2D eigenvalue weighted by molar-refractivity contribution is -0.155. The number of amides is 5. The summed E-state index contributed by atoms with van der Waals surface area (Å²) in [5, 5.41) is 10.2. The van der Waals surface area contributed by atoms with Gasteiger partial charge < -0.3 is 20.3 Å². The van der Waals surface area contributed by atoms with E-state index < -0.39 is 47.3 Å². The molecule has 1 aliphatic carbocycles. The van der Waals surface area contributed by atoms with E-state index >= 15 is 4.39 Å². The third kappa shape index (κ3) is 7.56. The Morgan fingerprint density at radius 3 is 2.24 bits per heavy atom.